The number of hydrogen-bond acceptors (Lipinski definition) is 5. The van der Waals surface area contributed by atoms with E-state index in [1.165, 1.54) is 0 Å². The van der Waals surface area contributed by atoms with E-state index in [-0.39, 0.29) is 5.41 Å². The summed E-state index contributed by atoms with van der Waals surface area (Å²) >= 11 is 5.04. The third-order valence-corrected chi connectivity index (χ3v) is 3.99. The fraction of sp³-hybridized carbons (Fsp3) is 0.417. The molecule has 0 saturated carbocycles. The first-order valence-electron chi connectivity index (χ1n) is 5.55. The van der Waals surface area contributed by atoms with Gasteiger partial charge >= 0.3 is 0 Å². The molecular weight excluding hydrogens is 312 g/mol. The van der Waals surface area contributed by atoms with Crippen LogP contribution in [-0.2, 0) is 5.41 Å². The summed E-state index contributed by atoms with van der Waals surface area (Å²) < 4.78 is 0.769. The fourth-order valence-corrected chi connectivity index (χ4v) is 2.91. The lowest BCUT2D eigenvalue weighted by atomic mass is 9.92. The molecule has 18 heavy (non-hydrogen) atoms. The van der Waals surface area contributed by atoms with E-state index in [0.717, 1.165) is 20.9 Å². The highest BCUT2D eigenvalue weighted by molar-refractivity contribution is 9.10. The zero-order valence-electron chi connectivity index (χ0n) is 10.8. The van der Waals surface area contributed by atoms with Crippen LogP contribution in [0.2, 0.25) is 0 Å². The summed E-state index contributed by atoms with van der Waals surface area (Å²) in [5.41, 5.74) is 7.52. The number of hydrogen-bond donors (Lipinski definition) is 1. The topological polar surface area (TPSA) is 64.7 Å². The van der Waals surface area contributed by atoms with Gasteiger partial charge in [0.2, 0.25) is 0 Å². The first kappa shape index (κ1) is 13.4. The van der Waals surface area contributed by atoms with Crippen molar-refractivity contribution < 1.29 is 0 Å². The number of thiazole rings is 1. The molecule has 4 nitrogen and oxygen atoms in total. The highest BCUT2D eigenvalue weighted by Gasteiger charge is 2.23. The van der Waals surface area contributed by atoms with E-state index in [4.69, 9.17) is 5.73 Å². The zero-order valence-corrected chi connectivity index (χ0v) is 13.2. The number of anilines is 1. The second-order valence-corrected chi connectivity index (χ2v) is 6.95. The van der Waals surface area contributed by atoms with Crippen LogP contribution in [0.4, 0.5) is 5.82 Å². The van der Waals surface area contributed by atoms with Gasteiger partial charge in [0.1, 0.15) is 11.5 Å². The molecule has 2 aromatic heterocycles. The second-order valence-electron chi connectivity index (χ2n) is 5.10. The minimum absolute atomic E-state index is 0.101. The van der Waals surface area contributed by atoms with Crippen molar-refractivity contribution in [1.82, 2.24) is 15.0 Å². The summed E-state index contributed by atoms with van der Waals surface area (Å²) in [6.45, 7) is 8.24. The van der Waals surface area contributed by atoms with E-state index >= 15 is 0 Å². The van der Waals surface area contributed by atoms with Crippen molar-refractivity contribution in [2.45, 2.75) is 33.1 Å². The Morgan fingerprint density at radius 2 is 1.89 bits per heavy atom. The second kappa shape index (κ2) is 4.59. The van der Waals surface area contributed by atoms with E-state index in [9.17, 15) is 0 Å². The third kappa shape index (κ3) is 2.54. The summed E-state index contributed by atoms with van der Waals surface area (Å²) in [6.07, 6.45) is 0. The molecule has 2 rings (SSSR count). The first-order valence-corrected chi connectivity index (χ1v) is 7.22. The molecule has 0 aliphatic heterocycles. The predicted molar refractivity (Wildman–Crippen MR) is 78.7 cm³/mol. The van der Waals surface area contributed by atoms with Gasteiger partial charge < -0.3 is 5.73 Å². The molecule has 0 aliphatic carbocycles. The predicted octanol–water partition coefficient (Wildman–Crippen LogP) is 3.55. The maximum atomic E-state index is 5.94. The minimum atomic E-state index is -0.101. The zero-order chi connectivity index (χ0) is 13.5. The number of nitrogens with zero attached hydrogens (tertiary/aromatic N) is 3. The molecule has 0 atom stereocenters. The van der Waals surface area contributed by atoms with Crippen molar-refractivity contribution in [1.29, 1.82) is 0 Å². The lowest BCUT2D eigenvalue weighted by Crippen LogP contribution is -2.17. The van der Waals surface area contributed by atoms with E-state index in [1.54, 1.807) is 11.3 Å². The van der Waals surface area contributed by atoms with Crippen LogP contribution < -0.4 is 5.73 Å². The average molecular weight is 327 g/mol. The molecule has 0 aliphatic rings. The standard InChI is InChI=1S/C12H15BrN4S/c1-6-15-7(5-18-6)11-16-9(12(2,3)4)8(13)10(14)17-11/h5H,1-4H3,(H2,14,16,17). The number of aromatic nitrogens is 3. The summed E-state index contributed by atoms with van der Waals surface area (Å²) in [6, 6.07) is 0. The van der Waals surface area contributed by atoms with Gasteiger partial charge in [0.05, 0.1) is 15.2 Å². The largest absolute Gasteiger partial charge is 0.383 e. The van der Waals surface area contributed by atoms with Gasteiger partial charge in [0, 0.05) is 10.8 Å². The Kier molecular flexibility index (Phi) is 3.42. The van der Waals surface area contributed by atoms with E-state index in [0.29, 0.717) is 11.6 Å². The lowest BCUT2D eigenvalue weighted by molar-refractivity contribution is 0.564. The summed E-state index contributed by atoms with van der Waals surface area (Å²) in [5, 5.41) is 2.94. The average Bonchev–Trinajstić information content (AvgIpc) is 2.67. The molecule has 2 heterocycles. The normalized spacial score (nSPS) is 11.8. The Morgan fingerprint density at radius 1 is 1.22 bits per heavy atom. The van der Waals surface area contributed by atoms with Crippen molar-refractivity contribution in [3.05, 3.63) is 20.6 Å². The molecule has 0 fully saturated rings. The molecule has 0 aromatic carbocycles. The Bertz CT molecular complexity index is 586. The van der Waals surface area contributed by atoms with Crippen molar-refractivity contribution in [2.24, 2.45) is 0 Å². The number of nitrogen functional groups attached to an aromatic ring is 1. The van der Waals surface area contributed by atoms with Crippen molar-refractivity contribution in [3.8, 4) is 11.5 Å². The summed E-state index contributed by atoms with van der Waals surface area (Å²) in [4.78, 5) is 13.3. The van der Waals surface area contributed by atoms with Crippen LogP contribution in [0, 0.1) is 6.92 Å². The highest BCUT2D eigenvalue weighted by atomic mass is 79.9. The van der Waals surface area contributed by atoms with Crippen molar-refractivity contribution >= 4 is 33.1 Å². The van der Waals surface area contributed by atoms with E-state index < -0.39 is 0 Å². The SMILES string of the molecule is Cc1nc(-c2nc(N)c(Br)c(C(C)(C)C)n2)cs1. The molecule has 0 saturated heterocycles. The first-order chi connectivity index (χ1) is 8.29. The number of rotatable bonds is 1. The molecule has 2 aromatic rings. The molecular formula is C12H15BrN4S. The number of aryl methyl sites for hydroxylation is 1. The van der Waals surface area contributed by atoms with Crippen molar-refractivity contribution in [3.63, 3.8) is 0 Å². The monoisotopic (exact) mass is 326 g/mol. The van der Waals surface area contributed by atoms with Gasteiger partial charge in [-0.25, -0.2) is 15.0 Å². The van der Waals surface area contributed by atoms with Gasteiger partial charge in [-0.3, -0.25) is 0 Å². The van der Waals surface area contributed by atoms with Crippen LogP contribution in [0.5, 0.6) is 0 Å². The fourth-order valence-electron chi connectivity index (χ4n) is 1.54. The van der Waals surface area contributed by atoms with Crippen LogP contribution in [0.25, 0.3) is 11.5 Å². The molecule has 96 valence electrons. The molecule has 0 unspecified atom stereocenters. The van der Waals surface area contributed by atoms with Gasteiger partial charge in [-0.1, -0.05) is 20.8 Å². The Balaban J connectivity index is 2.61. The maximum absolute atomic E-state index is 5.94. The quantitative estimate of drug-likeness (QED) is 0.870. The molecule has 0 spiro atoms. The van der Waals surface area contributed by atoms with Crippen LogP contribution in [0.3, 0.4) is 0 Å². The number of halogens is 1. The lowest BCUT2D eigenvalue weighted by Gasteiger charge is -2.20. The molecule has 0 radical (unpaired) electrons. The van der Waals surface area contributed by atoms with Crippen molar-refractivity contribution in [2.75, 3.05) is 5.73 Å². The van der Waals surface area contributed by atoms with Gasteiger partial charge in [0.25, 0.3) is 0 Å². The number of nitrogens with two attached hydrogens (primary N) is 1. The van der Waals surface area contributed by atoms with Gasteiger partial charge in [-0.05, 0) is 22.9 Å². The van der Waals surface area contributed by atoms with E-state index in [1.807, 2.05) is 12.3 Å². The molecule has 6 heteroatoms. The third-order valence-electron chi connectivity index (χ3n) is 2.44. The highest BCUT2D eigenvalue weighted by Crippen LogP contribution is 2.33. The van der Waals surface area contributed by atoms with Crippen LogP contribution in [0.1, 0.15) is 31.5 Å². The van der Waals surface area contributed by atoms with Gasteiger partial charge in [-0.2, -0.15) is 0 Å². The summed E-state index contributed by atoms with van der Waals surface area (Å²) in [5.74, 6) is 1.04. The molecule has 2 N–H and O–H groups in total. The van der Waals surface area contributed by atoms with Gasteiger partial charge in [-0.15, -0.1) is 11.3 Å². The molecule has 0 amide bonds. The van der Waals surface area contributed by atoms with Crippen LogP contribution in [0.15, 0.2) is 9.85 Å². The maximum Gasteiger partial charge on any atom is 0.181 e. The minimum Gasteiger partial charge on any atom is -0.383 e. The van der Waals surface area contributed by atoms with Crippen LogP contribution in [-0.4, -0.2) is 15.0 Å². The van der Waals surface area contributed by atoms with E-state index in [2.05, 4.69) is 51.7 Å². The Morgan fingerprint density at radius 3 is 2.39 bits per heavy atom. The molecule has 0 bridgehead atoms. The summed E-state index contributed by atoms with van der Waals surface area (Å²) in [7, 11) is 0. The Hall–Kier alpha value is -1.01. The smallest absolute Gasteiger partial charge is 0.181 e. The Labute approximate surface area is 119 Å². The van der Waals surface area contributed by atoms with Crippen LogP contribution >= 0.6 is 27.3 Å². The van der Waals surface area contributed by atoms with Gasteiger partial charge in [0.15, 0.2) is 5.82 Å².